The number of nitrogens with one attached hydrogen (secondary N) is 1. The molecule has 0 aliphatic heterocycles. The average molecular weight is 412 g/mol. The highest BCUT2D eigenvalue weighted by Gasteiger charge is 2.17. The molecule has 0 spiro atoms. The molecule has 29 heavy (non-hydrogen) atoms. The number of hydrogen-bond donors (Lipinski definition) is 2. The molecule has 1 amide bonds. The molecule has 0 saturated carbocycles. The van der Waals surface area contributed by atoms with E-state index in [1.54, 1.807) is 24.3 Å². The number of aromatic carboxylic acids is 1. The Balaban J connectivity index is 1.68. The molecule has 0 fully saturated rings. The molecule has 0 saturated heterocycles. The first-order chi connectivity index (χ1) is 14.0. The van der Waals surface area contributed by atoms with E-state index in [1.165, 1.54) is 19.2 Å². The molecule has 7 heteroatoms. The van der Waals surface area contributed by atoms with Crippen LogP contribution < -0.4 is 14.8 Å². The minimum atomic E-state index is -1.17. The fourth-order valence-corrected chi connectivity index (χ4v) is 2.83. The second kappa shape index (κ2) is 9.12. The van der Waals surface area contributed by atoms with Gasteiger partial charge in [0.15, 0.2) is 0 Å². The molecule has 0 bridgehead atoms. The Labute approximate surface area is 172 Å². The summed E-state index contributed by atoms with van der Waals surface area (Å²) in [5.41, 5.74) is 1.61. The number of carbonyl (C=O) groups is 2. The van der Waals surface area contributed by atoms with Crippen molar-refractivity contribution in [3.05, 3.63) is 88.4 Å². The van der Waals surface area contributed by atoms with Crippen LogP contribution in [0.5, 0.6) is 11.5 Å². The van der Waals surface area contributed by atoms with Crippen molar-refractivity contribution >= 4 is 29.2 Å². The number of benzene rings is 3. The number of carboxylic acid groups (broad SMARTS) is 1. The summed E-state index contributed by atoms with van der Waals surface area (Å²) in [6, 6.07) is 19.0. The van der Waals surface area contributed by atoms with Gasteiger partial charge in [-0.3, -0.25) is 4.79 Å². The highest BCUT2D eigenvalue weighted by atomic mass is 35.5. The lowest BCUT2D eigenvalue weighted by molar-refractivity contribution is 0.0693. The first kappa shape index (κ1) is 20.2. The van der Waals surface area contributed by atoms with E-state index in [9.17, 15) is 14.7 Å². The zero-order valence-electron chi connectivity index (χ0n) is 15.5. The van der Waals surface area contributed by atoms with Gasteiger partial charge >= 0.3 is 5.97 Å². The maximum atomic E-state index is 12.5. The molecular formula is C22H18ClNO5. The van der Waals surface area contributed by atoms with Crippen molar-refractivity contribution in [1.29, 1.82) is 0 Å². The molecule has 148 valence electrons. The number of rotatable bonds is 7. The van der Waals surface area contributed by atoms with Gasteiger partial charge in [-0.25, -0.2) is 4.79 Å². The maximum Gasteiger partial charge on any atom is 0.339 e. The molecule has 0 heterocycles. The Morgan fingerprint density at radius 3 is 2.34 bits per heavy atom. The van der Waals surface area contributed by atoms with Gasteiger partial charge in [-0.15, -0.1) is 0 Å². The van der Waals surface area contributed by atoms with E-state index >= 15 is 0 Å². The Bertz CT molecular complexity index is 1020. The van der Waals surface area contributed by atoms with Gasteiger partial charge in [0.2, 0.25) is 0 Å². The highest BCUT2D eigenvalue weighted by Crippen LogP contribution is 2.31. The van der Waals surface area contributed by atoms with E-state index < -0.39 is 11.9 Å². The van der Waals surface area contributed by atoms with Crippen LogP contribution in [0.1, 0.15) is 26.3 Å². The van der Waals surface area contributed by atoms with Gasteiger partial charge in [0.1, 0.15) is 23.7 Å². The van der Waals surface area contributed by atoms with Crippen molar-refractivity contribution in [3.63, 3.8) is 0 Å². The number of carboxylic acids is 1. The van der Waals surface area contributed by atoms with Crippen LogP contribution in [0.3, 0.4) is 0 Å². The predicted octanol–water partition coefficient (Wildman–Crippen LogP) is 4.88. The van der Waals surface area contributed by atoms with E-state index in [-0.39, 0.29) is 22.0 Å². The number of halogens is 1. The smallest absolute Gasteiger partial charge is 0.339 e. The zero-order chi connectivity index (χ0) is 20.8. The number of anilines is 1. The molecule has 0 radical (unpaired) electrons. The standard InChI is InChI=1S/C22H18ClNO5/c1-28-20-12-19(18(23)11-17(20)22(26)27)24-21(25)15-7-9-16(10-8-15)29-13-14-5-3-2-4-6-14/h2-12H,13H2,1H3,(H,24,25)(H,26,27). The minimum absolute atomic E-state index is 0.0876. The minimum Gasteiger partial charge on any atom is -0.496 e. The maximum absolute atomic E-state index is 12.5. The summed E-state index contributed by atoms with van der Waals surface area (Å²) in [6.07, 6.45) is 0. The quantitative estimate of drug-likeness (QED) is 0.579. The molecule has 0 aliphatic carbocycles. The lowest BCUT2D eigenvalue weighted by atomic mass is 10.1. The average Bonchev–Trinajstić information content (AvgIpc) is 2.74. The molecule has 2 N–H and O–H groups in total. The Morgan fingerprint density at radius 1 is 1.03 bits per heavy atom. The fourth-order valence-electron chi connectivity index (χ4n) is 2.62. The first-order valence-electron chi connectivity index (χ1n) is 8.67. The number of methoxy groups -OCH3 is 1. The molecule has 3 aromatic carbocycles. The van der Waals surface area contributed by atoms with E-state index in [4.69, 9.17) is 21.1 Å². The van der Waals surface area contributed by atoms with E-state index in [1.807, 2.05) is 30.3 Å². The van der Waals surface area contributed by atoms with E-state index in [0.29, 0.717) is 17.9 Å². The van der Waals surface area contributed by atoms with Gasteiger partial charge in [0, 0.05) is 11.6 Å². The van der Waals surface area contributed by atoms with Crippen molar-refractivity contribution < 1.29 is 24.2 Å². The number of carbonyl (C=O) groups excluding carboxylic acids is 1. The van der Waals surface area contributed by atoms with E-state index in [2.05, 4.69) is 5.32 Å². The van der Waals surface area contributed by atoms with Crippen LogP contribution in [0.15, 0.2) is 66.7 Å². The second-order valence-electron chi connectivity index (χ2n) is 6.09. The van der Waals surface area contributed by atoms with Crippen molar-refractivity contribution in [3.8, 4) is 11.5 Å². The summed E-state index contributed by atoms with van der Waals surface area (Å²) in [6.45, 7) is 0.428. The molecule has 0 atom stereocenters. The number of hydrogen-bond acceptors (Lipinski definition) is 4. The molecule has 6 nitrogen and oxygen atoms in total. The molecule has 0 unspecified atom stereocenters. The molecule has 0 aromatic heterocycles. The lowest BCUT2D eigenvalue weighted by Gasteiger charge is -2.12. The largest absolute Gasteiger partial charge is 0.496 e. The summed E-state index contributed by atoms with van der Waals surface area (Å²) >= 11 is 6.11. The summed E-state index contributed by atoms with van der Waals surface area (Å²) in [5.74, 6) is -0.836. The monoisotopic (exact) mass is 411 g/mol. The highest BCUT2D eigenvalue weighted by molar-refractivity contribution is 6.34. The first-order valence-corrected chi connectivity index (χ1v) is 9.04. The van der Waals surface area contributed by atoms with Crippen molar-refractivity contribution in [2.75, 3.05) is 12.4 Å². The van der Waals surface area contributed by atoms with Crippen LogP contribution in [-0.4, -0.2) is 24.1 Å². The zero-order valence-corrected chi connectivity index (χ0v) is 16.3. The molecule has 0 aliphatic rings. The number of ether oxygens (including phenoxy) is 2. The van der Waals surface area contributed by atoms with Gasteiger partial charge in [-0.1, -0.05) is 41.9 Å². The SMILES string of the molecule is COc1cc(NC(=O)c2ccc(OCc3ccccc3)cc2)c(Cl)cc1C(=O)O. The topological polar surface area (TPSA) is 84.9 Å². The molecular weight excluding hydrogens is 394 g/mol. The predicted molar refractivity (Wildman–Crippen MR) is 110 cm³/mol. The van der Waals surface area contributed by atoms with Gasteiger partial charge in [-0.2, -0.15) is 0 Å². The lowest BCUT2D eigenvalue weighted by Crippen LogP contribution is -2.13. The van der Waals surface area contributed by atoms with Crippen LogP contribution in [-0.2, 0) is 6.61 Å². The molecule has 3 rings (SSSR count). The van der Waals surface area contributed by atoms with Gasteiger partial charge in [-0.05, 0) is 35.9 Å². The normalized spacial score (nSPS) is 10.3. The third-order valence-electron chi connectivity index (χ3n) is 4.13. The second-order valence-corrected chi connectivity index (χ2v) is 6.50. The van der Waals surface area contributed by atoms with Crippen LogP contribution in [0, 0.1) is 0 Å². The Hall–Kier alpha value is -3.51. The fraction of sp³-hybridized carbons (Fsp3) is 0.0909. The van der Waals surface area contributed by atoms with Gasteiger partial charge in [0.25, 0.3) is 5.91 Å². The van der Waals surface area contributed by atoms with Crippen molar-refractivity contribution in [1.82, 2.24) is 0 Å². The Kier molecular flexibility index (Phi) is 6.36. The summed E-state index contributed by atoms with van der Waals surface area (Å²) in [7, 11) is 1.34. The third kappa shape index (κ3) is 5.06. The summed E-state index contributed by atoms with van der Waals surface area (Å²) < 4.78 is 10.8. The summed E-state index contributed by atoms with van der Waals surface area (Å²) in [4.78, 5) is 23.7. The van der Waals surface area contributed by atoms with Crippen LogP contribution in [0.25, 0.3) is 0 Å². The van der Waals surface area contributed by atoms with E-state index in [0.717, 1.165) is 5.56 Å². The van der Waals surface area contributed by atoms with Gasteiger partial charge in [0.05, 0.1) is 17.8 Å². The summed E-state index contributed by atoms with van der Waals surface area (Å²) in [5, 5.41) is 11.9. The van der Waals surface area contributed by atoms with Crippen molar-refractivity contribution in [2.45, 2.75) is 6.61 Å². The van der Waals surface area contributed by atoms with Crippen LogP contribution in [0.4, 0.5) is 5.69 Å². The number of amides is 1. The van der Waals surface area contributed by atoms with Crippen molar-refractivity contribution in [2.24, 2.45) is 0 Å². The van der Waals surface area contributed by atoms with Gasteiger partial charge < -0.3 is 19.9 Å². The van der Waals surface area contributed by atoms with Crippen LogP contribution >= 0.6 is 11.6 Å². The Morgan fingerprint density at radius 2 is 1.72 bits per heavy atom. The molecule has 3 aromatic rings. The van der Waals surface area contributed by atoms with Crippen LogP contribution in [0.2, 0.25) is 5.02 Å². The third-order valence-corrected chi connectivity index (χ3v) is 4.45.